The number of rotatable bonds is 4. The smallest absolute Gasteiger partial charge is 0.258 e. The topological polar surface area (TPSA) is 80.5 Å². The van der Waals surface area contributed by atoms with Gasteiger partial charge in [0, 0.05) is 12.2 Å². The number of carbonyl (C=O) groups excluding carboxylic acids is 1. The summed E-state index contributed by atoms with van der Waals surface area (Å²) in [4.78, 5) is 16.6. The zero-order valence-electron chi connectivity index (χ0n) is 13.7. The number of amides is 1. The first kappa shape index (κ1) is 15.6. The van der Waals surface area contributed by atoms with Gasteiger partial charge in [0.15, 0.2) is 5.65 Å². The number of hydrogen-bond acceptors (Lipinski definition) is 5. The Hall–Kier alpha value is -2.93. The molecule has 1 aliphatic rings. The lowest BCUT2D eigenvalue weighted by Crippen LogP contribution is -2.30. The summed E-state index contributed by atoms with van der Waals surface area (Å²) in [5.41, 5.74) is 1.24. The molecule has 1 amide bonds. The Balaban J connectivity index is 1.55. The second kappa shape index (κ2) is 6.90. The Morgan fingerprint density at radius 2 is 2.04 bits per heavy atom. The first-order valence-electron chi connectivity index (χ1n) is 8.36. The number of fused-ring (bicyclic) bond motifs is 1. The van der Waals surface area contributed by atoms with E-state index in [1.807, 2.05) is 36.4 Å². The Morgan fingerprint density at radius 1 is 1.16 bits per heavy atom. The maximum Gasteiger partial charge on any atom is 0.258 e. The Morgan fingerprint density at radius 3 is 2.84 bits per heavy atom. The Kier molecular flexibility index (Phi) is 4.30. The molecule has 0 saturated carbocycles. The van der Waals surface area contributed by atoms with Crippen molar-refractivity contribution in [2.45, 2.75) is 18.9 Å². The molecule has 3 heterocycles. The van der Waals surface area contributed by atoms with Crippen LogP contribution < -0.4 is 10.6 Å². The van der Waals surface area contributed by atoms with Crippen molar-refractivity contribution >= 4 is 23.3 Å². The van der Waals surface area contributed by atoms with Gasteiger partial charge in [0.2, 0.25) is 5.95 Å². The normalized spacial score (nSPS) is 17.4. The van der Waals surface area contributed by atoms with Crippen molar-refractivity contribution in [2.24, 2.45) is 0 Å². The number of nitrogens with one attached hydrogen (secondary N) is 2. The monoisotopic (exact) mass is 337 g/mol. The van der Waals surface area contributed by atoms with Crippen LogP contribution in [0.2, 0.25) is 0 Å². The van der Waals surface area contributed by atoms with Crippen molar-refractivity contribution in [1.29, 1.82) is 0 Å². The molecule has 3 aromatic rings. The van der Waals surface area contributed by atoms with Crippen molar-refractivity contribution in [3.05, 3.63) is 54.1 Å². The van der Waals surface area contributed by atoms with Crippen LogP contribution in [0.4, 0.5) is 11.8 Å². The summed E-state index contributed by atoms with van der Waals surface area (Å²) in [7, 11) is 0. The van der Waals surface area contributed by atoms with Gasteiger partial charge in [0.25, 0.3) is 5.91 Å². The second-order valence-electron chi connectivity index (χ2n) is 5.99. The van der Waals surface area contributed by atoms with E-state index in [-0.39, 0.29) is 17.9 Å². The average molecular weight is 337 g/mol. The summed E-state index contributed by atoms with van der Waals surface area (Å²) < 4.78 is 7.21. The molecular formula is C18H19N5O2. The van der Waals surface area contributed by atoms with Gasteiger partial charge in [-0.3, -0.25) is 10.1 Å². The molecule has 1 unspecified atom stereocenters. The minimum absolute atomic E-state index is 0.230. The molecule has 1 aromatic carbocycles. The Bertz CT molecular complexity index is 872. The van der Waals surface area contributed by atoms with Crippen molar-refractivity contribution in [2.75, 3.05) is 23.8 Å². The molecule has 1 aliphatic heterocycles. The molecule has 7 nitrogen and oxygen atoms in total. The first-order valence-corrected chi connectivity index (χ1v) is 8.36. The maximum absolute atomic E-state index is 12.3. The molecular weight excluding hydrogens is 318 g/mol. The lowest BCUT2D eigenvalue weighted by molar-refractivity contribution is 0.0874. The van der Waals surface area contributed by atoms with E-state index in [1.54, 1.807) is 16.6 Å². The summed E-state index contributed by atoms with van der Waals surface area (Å²) in [6.45, 7) is 1.50. The van der Waals surface area contributed by atoms with Crippen molar-refractivity contribution in [3.8, 4) is 0 Å². The largest absolute Gasteiger partial charge is 0.379 e. The predicted octanol–water partition coefficient (Wildman–Crippen LogP) is 2.57. The standard InChI is InChI=1S/C18H19N5O2/c24-17(13-6-2-1-3-7-13)21-18-20-16-10-4-9-15(23(16)22-18)19-14-8-5-11-25-12-14/h1-4,6-7,9-10,14,19H,5,8,11-12H2,(H,21,22,24). The van der Waals surface area contributed by atoms with Gasteiger partial charge >= 0.3 is 0 Å². The van der Waals surface area contributed by atoms with Crippen LogP contribution >= 0.6 is 0 Å². The van der Waals surface area contributed by atoms with E-state index in [9.17, 15) is 4.79 Å². The van der Waals surface area contributed by atoms with Gasteiger partial charge in [0.1, 0.15) is 5.82 Å². The Labute approximate surface area is 145 Å². The van der Waals surface area contributed by atoms with Crippen LogP contribution in [0, 0.1) is 0 Å². The molecule has 0 bridgehead atoms. The highest BCUT2D eigenvalue weighted by molar-refractivity contribution is 6.03. The van der Waals surface area contributed by atoms with Gasteiger partial charge in [-0.05, 0) is 37.1 Å². The zero-order chi connectivity index (χ0) is 17.1. The zero-order valence-corrected chi connectivity index (χ0v) is 13.7. The van der Waals surface area contributed by atoms with E-state index in [0.29, 0.717) is 17.8 Å². The quantitative estimate of drug-likeness (QED) is 0.765. The lowest BCUT2D eigenvalue weighted by Gasteiger charge is -2.24. The average Bonchev–Trinajstić information content (AvgIpc) is 3.07. The summed E-state index contributed by atoms with van der Waals surface area (Å²) in [5.74, 6) is 0.885. The molecule has 1 saturated heterocycles. The number of pyridine rings is 1. The van der Waals surface area contributed by atoms with E-state index in [0.717, 1.165) is 25.3 Å². The summed E-state index contributed by atoms with van der Waals surface area (Å²) in [6, 6.07) is 15.0. The van der Waals surface area contributed by atoms with Gasteiger partial charge in [-0.25, -0.2) is 0 Å². The molecule has 25 heavy (non-hydrogen) atoms. The fourth-order valence-electron chi connectivity index (χ4n) is 2.89. The van der Waals surface area contributed by atoms with Crippen molar-refractivity contribution in [3.63, 3.8) is 0 Å². The van der Waals surface area contributed by atoms with Gasteiger partial charge in [-0.2, -0.15) is 9.50 Å². The first-order chi connectivity index (χ1) is 12.3. The molecule has 1 atom stereocenters. The number of carbonyl (C=O) groups is 1. The lowest BCUT2D eigenvalue weighted by atomic mass is 10.1. The molecule has 4 rings (SSSR count). The number of hydrogen-bond donors (Lipinski definition) is 2. The molecule has 0 aliphatic carbocycles. The van der Waals surface area contributed by atoms with E-state index >= 15 is 0 Å². The van der Waals surface area contributed by atoms with Crippen LogP contribution in [0.25, 0.3) is 5.65 Å². The summed E-state index contributed by atoms with van der Waals surface area (Å²) in [5, 5.41) is 10.6. The minimum Gasteiger partial charge on any atom is -0.379 e. The van der Waals surface area contributed by atoms with Crippen LogP contribution in [0.15, 0.2) is 48.5 Å². The van der Waals surface area contributed by atoms with Gasteiger partial charge in [-0.15, -0.1) is 5.10 Å². The fraction of sp³-hybridized carbons (Fsp3) is 0.278. The summed E-state index contributed by atoms with van der Waals surface area (Å²) in [6.07, 6.45) is 2.10. The van der Waals surface area contributed by atoms with Crippen LogP contribution in [0.3, 0.4) is 0 Å². The van der Waals surface area contributed by atoms with Crippen molar-refractivity contribution in [1.82, 2.24) is 14.6 Å². The number of nitrogens with zero attached hydrogens (tertiary/aromatic N) is 3. The third-order valence-corrected chi connectivity index (χ3v) is 4.13. The van der Waals surface area contributed by atoms with E-state index in [2.05, 4.69) is 20.7 Å². The molecule has 2 N–H and O–H groups in total. The van der Waals surface area contributed by atoms with Crippen LogP contribution in [0.1, 0.15) is 23.2 Å². The molecule has 1 fully saturated rings. The highest BCUT2D eigenvalue weighted by Gasteiger charge is 2.16. The number of ether oxygens (including phenoxy) is 1. The molecule has 0 radical (unpaired) electrons. The molecule has 0 spiro atoms. The van der Waals surface area contributed by atoms with Crippen LogP contribution in [0.5, 0.6) is 0 Å². The number of benzene rings is 1. The highest BCUT2D eigenvalue weighted by Crippen LogP contribution is 2.17. The third kappa shape index (κ3) is 3.46. The second-order valence-corrected chi connectivity index (χ2v) is 5.99. The molecule has 7 heteroatoms. The maximum atomic E-state index is 12.3. The van der Waals surface area contributed by atoms with E-state index < -0.39 is 0 Å². The van der Waals surface area contributed by atoms with Crippen LogP contribution in [-0.4, -0.2) is 39.8 Å². The van der Waals surface area contributed by atoms with Gasteiger partial charge < -0.3 is 10.1 Å². The van der Waals surface area contributed by atoms with Crippen molar-refractivity contribution < 1.29 is 9.53 Å². The number of anilines is 2. The molecule has 2 aromatic heterocycles. The highest BCUT2D eigenvalue weighted by atomic mass is 16.5. The SMILES string of the molecule is O=C(Nc1nc2cccc(NC3CCCOC3)n2n1)c1ccccc1. The summed E-state index contributed by atoms with van der Waals surface area (Å²) >= 11 is 0. The molecule has 128 valence electrons. The number of aromatic nitrogens is 3. The van der Waals surface area contributed by atoms with Gasteiger partial charge in [0.05, 0.1) is 12.6 Å². The predicted molar refractivity (Wildman–Crippen MR) is 94.8 cm³/mol. The van der Waals surface area contributed by atoms with Crippen LogP contribution in [-0.2, 0) is 4.74 Å². The minimum atomic E-state index is -0.230. The van der Waals surface area contributed by atoms with E-state index in [1.165, 1.54) is 0 Å². The van der Waals surface area contributed by atoms with Gasteiger partial charge in [-0.1, -0.05) is 24.3 Å². The van der Waals surface area contributed by atoms with E-state index in [4.69, 9.17) is 4.74 Å². The third-order valence-electron chi connectivity index (χ3n) is 4.13. The fourth-order valence-corrected chi connectivity index (χ4v) is 2.89.